The molecule has 10 nitrogen and oxygen atoms in total. The molecule has 1 saturated heterocycles. The Morgan fingerprint density at radius 2 is 1.68 bits per heavy atom. The Morgan fingerprint density at radius 1 is 0.968 bits per heavy atom. The van der Waals surface area contributed by atoms with Gasteiger partial charge in [0.1, 0.15) is 36.8 Å². The number of carbonyl (C=O) groups excluding carboxylic acids is 1. The molecule has 0 unspecified atom stereocenters. The number of aromatic hydroxyl groups is 2. The number of benzene rings is 2. The third-order valence-corrected chi connectivity index (χ3v) is 5.45. The highest BCUT2D eigenvalue weighted by molar-refractivity contribution is 6.05. The summed E-state index contributed by atoms with van der Waals surface area (Å²) in [7, 11) is 0. The number of phenols is 2. The van der Waals surface area contributed by atoms with Gasteiger partial charge in [0.2, 0.25) is 12.0 Å². The van der Waals surface area contributed by atoms with Crippen LogP contribution in [0.4, 0.5) is 0 Å². The lowest BCUT2D eigenvalue weighted by molar-refractivity contribution is -0.277. The fourth-order valence-corrected chi connectivity index (χ4v) is 3.67. The van der Waals surface area contributed by atoms with Gasteiger partial charge in [-0.1, -0.05) is 12.1 Å². The van der Waals surface area contributed by atoms with Gasteiger partial charge in [0, 0.05) is 0 Å². The van der Waals surface area contributed by atoms with Crippen molar-refractivity contribution in [2.45, 2.75) is 36.6 Å². The normalized spacial score (nSPS) is 30.4. The van der Waals surface area contributed by atoms with Gasteiger partial charge in [-0.25, -0.2) is 0 Å². The highest BCUT2D eigenvalue weighted by Gasteiger charge is 2.45. The van der Waals surface area contributed by atoms with E-state index in [1.165, 1.54) is 24.3 Å². The molecule has 166 valence electrons. The number of Topliss-reactive ketones (excluding diaryl/α,β-unsaturated/α-hetero) is 1. The molecule has 2 aliphatic heterocycles. The standard InChI is InChI=1S/C21H22O10/c22-7-14-16(26)17(27)18(28)21(30-14)31-20-13(24)6-5-11-15(25)12(8-29-19(11)20)9-1-3-10(23)4-2-9/h1-6,12,14,16-18,21-24,26-28H,7-8H2/t12-,14+,16+,17-,18+,21-/m1/s1. The lowest BCUT2D eigenvalue weighted by atomic mass is 9.88. The van der Waals surface area contributed by atoms with Crippen molar-refractivity contribution in [3.05, 3.63) is 47.5 Å². The van der Waals surface area contributed by atoms with E-state index in [1.807, 2.05) is 0 Å². The molecule has 2 aliphatic rings. The first-order chi connectivity index (χ1) is 14.8. The minimum atomic E-state index is -1.70. The monoisotopic (exact) mass is 434 g/mol. The molecule has 0 aromatic heterocycles. The van der Waals surface area contributed by atoms with E-state index in [2.05, 4.69) is 0 Å². The first kappa shape index (κ1) is 21.3. The maximum absolute atomic E-state index is 13.0. The summed E-state index contributed by atoms with van der Waals surface area (Å²) >= 11 is 0. The van der Waals surface area contributed by atoms with Crippen LogP contribution in [0, 0.1) is 0 Å². The van der Waals surface area contributed by atoms with Crippen LogP contribution in [0.25, 0.3) is 0 Å². The molecule has 0 bridgehead atoms. The Bertz CT molecular complexity index is 957. The van der Waals surface area contributed by atoms with Gasteiger partial charge in [0.05, 0.1) is 18.1 Å². The molecular formula is C21H22O10. The van der Waals surface area contributed by atoms with E-state index in [9.17, 15) is 35.4 Å². The molecule has 2 aromatic rings. The number of ether oxygens (including phenoxy) is 3. The Morgan fingerprint density at radius 3 is 2.35 bits per heavy atom. The van der Waals surface area contributed by atoms with Crippen LogP contribution < -0.4 is 9.47 Å². The van der Waals surface area contributed by atoms with Crippen molar-refractivity contribution in [2.24, 2.45) is 0 Å². The number of hydrogen-bond acceptors (Lipinski definition) is 10. The Kier molecular flexibility index (Phi) is 5.73. The van der Waals surface area contributed by atoms with Gasteiger partial charge in [-0.05, 0) is 29.8 Å². The lowest BCUT2D eigenvalue weighted by Gasteiger charge is -2.40. The molecule has 4 rings (SSSR count). The highest BCUT2D eigenvalue weighted by atomic mass is 16.7. The summed E-state index contributed by atoms with van der Waals surface area (Å²) in [6.07, 6.45) is -7.69. The van der Waals surface area contributed by atoms with Crippen molar-refractivity contribution >= 4 is 5.78 Å². The molecule has 0 spiro atoms. The van der Waals surface area contributed by atoms with Crippen molar-refractivity contribution < 1.29 is 49.6 Å². The molecule has 1 fully saturated rings. The summed E-state index contributed by atoms with van der Waals surface area (Å²) in [5.41, 5.74) is 0.764. The van der Waals surface area contributed by atoms with Crippen molar-refractivity contribution in [3.8, 4) is 23.0 Å². The molecule has 6 N–H and O–H groups in total. The summed E-state index contributed by atoms with van der Waals surface area (Å²) in [4.78, 5) is 13.0. The zero-order chi connectivity index (χ0) is 22.3. The van der Waals surface area contributed by atoms with E-state index in [1.54, 1.807) is 12.1 Å². The van der Waals surface area contributed by atoms with E-state index in [0.29, 0.717) is 5.56 Å². The second kappa shape index (κ2) is 8.33. The van der Waals surface area contributed by atoms with Gasteiger partial charge < -0.3 is 44.8 Å². The van der Waals surface area contributed by atoms with E-state index < -0.39 is 49.0 Å². The fourth-order valence-electron chi connectivity index (χ4n) is 3.67. The summed E-state index contributed by atoms with van der Waals surface area (Å²) in [5, 5.41) is 59.1. The zero-order valence-electron chi connectivity index (χ0n) is 16.2. The first-order valence-corrected chi connectivity index (χ1v) is 9.61. The quantitative estimate of drug-likeness (QED) is 0.374. The number of aliphatic hydroxyl groups excluding tert-OH is 4. The zero-order valence-corrected chi connectivity index (χ0v) is 16.2. The Labute approximate surface area is 176 Å². The van der Waals surface area contributed by atoms with Crippen molar-refractivity contribution in [2.75, 3.05) is 13.2 Å². The molecule has 0 aliphatic carbocycles. The van der Waals surface area contributed by atoms with Gasteiger partial charge in [-0.15, -0.1) is 0 Å². The van der Waals surface area contributed by atoms with E-state index in [-0.39, 0.29) is 35.2 Å². The first-order valence-electron chi connectivity index (χ1n) is 9.61. The van der Waals surface area contributed by atoms with Gasteiger partial charge >= 0.3 is 0 Å². The average molecular weight is 434 g/mol. The molecule has 0 amide bonds. The van der Waals surface area contributed by atoms with Crippen molar-refractivity contribution in [3.63, 3.8) is 0 Å². The molecular weight excluding hydrogens is 412 g/mol. The predicted octanol–water partition coefficient (Wildman–Crippen LogP) is -0.365. The number of ketones is 1. The van der Waals surface area contributed by atoms with Crippen LogP contribution in [0.1, 0.15) is 21.8 Å². The van der Waals surface area contributed by atoms with Gasteiger partial charge in [0.15, 0.2) is 17.3 Å². The maximum Gasteiger partial charge on any atom is 0.229 e. The third kappa shape index (κ3) is 3.80. The van der Waals surface area contributed by atoms with E-state index >= 15 is 0 Å². The number of fused-ring (bicyclic) bond motifs is 1. The van der Waals surface area contributed by atoms with Crippen LogP contribution in [0.15, 0.2) is 36.4 Å². The van der Waals surface area contributed by atoms with Crippen LogP contribution in [0.5, 0.6) is 23.0 Å². The van der Waals surface area contributed by atoms with E-state index in [4.69, 9.17) is 14.2 Å². The third-order valence-electron chi connectivity index (χ3n) is 5.45. The number of carbonyl (C=O) groups is 1. The molecule has 31 heavy (non-hydrogen) atoms. The molecule has 10 heteroatoms. The topological polar surface area (TPSA) is 166 Å². The van der Waals surface area contributed by atoms with Gasteiger partial charge in [0.25, 0.3) is 0 Å². The van der Waals surface area contributed by atoms with Gasteiger partial charge in [-0.3, -0.25) is 4.79 Å². The molecule has 0 saturated carbocycles. The Hall–Kier alpha value is -2.89. The van der Waals surface area contributed by atoms with Gasteiger partial charge in [-0.2, -0.15) is 0 Å². The average Bonchev–Trinajstić information content (AvgIpc) is 2.76. The summed E-state index contributed by atoms with van der Waals surface area (Å²) in [6.45, 7) is -0.710. The largest absolute Gasteiger partial charge is 0.508 e. The predicted molar refractivity (Wildman–Crippen MR) is 103 cm³/mol. The van der Waals surface area contributed by atoms with Crippen molar-refractivity contribution in [1.82, 2.24) is 0 Å². The molecule has 0 radical (unpaired) electrons. The smallest absolute Gasteiger partial charge is 0.229 e. The number of phenolic OH excluding ortho intramolecular Hbond substituents is 2. The molecule has 2 aromatic carbocycles. The van der Waals surface area contributed by atoms with Crippen LogP contribution in [0.3, 0.4) is 0 Å². The van der Waals surface area contributed by atoms with Crippen LogP contribution in [0.2, 0.25) is 0 Å². The van der Waals surface area contributed by atoms with Crippen LogP contribution in [-0.4, -0.2) is 80.3 Å². The summed E-state index contributed by atoms with van der Waals surface area (Å²) in [6, 6.07) is 8.74. The molecule has 6 atom stereocenters. The number of aliphatic hydroxyl groups is 4. The van der Waals surface area contributed by atoms with Crippen LogP contribution >= 0.6 is 0 Å². The minimum absolute atomic E-state index is 0.0583. The van der Waals surface area contributed by atoms with Crippen molar-refractivity contribution in [1.29, 1.82) is 0 Å². The number of rotatable bonds is 4. The minimum Gasteiger partial charge on any atom is -0.508 e. The lowest BCUT2D eigenvalue weighted by Crippen LogP contribution is -2.60. The number of hydrogen-bond donors (Lipinski definition) is 6. The van der Waals surface area contributed by atoms with E-state index in [0.717, 1.165) is 0 Å². The Balaban J connectivity index is 1.63. The fraction of sp³-hybridized carbons (Fsp3) is 0.381. The summed E-state index contributed by atoms with van der Waals surface area (Å²) in [5.74, 6) is -1.61. The maximum atomic E-state index is 13.0. The second-order valence-electron chi connectivity index (χ2n) is 7.42. The highest BCUT2D eigenvalue weighted by Crippen LogP contribution is 2.45. The molecule has 2 heterocycles. The van der Waals surface area contributed by atoms with Crippen LogP contribution in [-0.2, 0) is 4.74 Å². The second-order valence-corrected chi connectivity index (χ2v) is 7.42. The summed E-state index contributed by atoms with van der Waals surface area (Å²) < 4.78 is 16.6. The SMILES string of the molecule is O=C1c2ccc(O)c(O[C@H]3O[C@@H](CO)[C@H](O)[C@@H](O)[C@@H]3O)c2OC[C@@H]1c1ccc(O)cc1.